The van der Waals surface area contributed by atoms with Crippen molar-refractivity contribution in [2.75, 3.05) is 5.75 Å². The number of thioether (sulfide) groups is 1. The largest absolute Gasteiger partial charge is 0.481 e. The van der Waals surface area contributed by atoms with E-state index in [2.05, 4.69) is 5.32 Å². The molecular weight excluding hydrogens is 269 g/mol. The van der Waals surface area contributed by atoms with Crippen LogP contribution in [0.3, 0.4) is 0 Å². The van der Waals surface area contributed by atoms with Gasteiger partial charge in [0.1, 0.15) is 11.7 Å². The van der Waals surface area contributed by atoms with Crippen molar-refractivity contribution in [3.05, 3.63) is 29.6 Å². The number of halogens is 1. The molecule has 0 saturated carbocycles. The summed E-state index contributed by atoms with van der Waals surface area (Å²) in [5, 5.41) is 11.5. The Balaban J connectivity index is 2.18. The van der Waals surface area contributed by atoms with Crippen molar-refractivity contribution in [3.63, 3.8) is 0 Å². The summed E-state index contributed by atoms with van der Waals surface area (Å²) >= 11 is 1.42. The van der Waals surface area contributed by atoms with Crippen LogP contribution in [0.15, 0.2) is 23.1 Å². The van der Waals surface area contributed by atoms with E-state index in [0.717, 1.165) is 5.56 Å². The van der Waals surface area contributed by atoms with E-state index in [4.69, 9.17) is 5.11 Å². The number of hydrogen-bond acceptors (Lipinski definition) is 3. The third-order valence-corrected chi connectivity index (χ3v) is 4.27. The first-order chi connectivity index (χ1) is 9.00. The van der Waals surface area contributed by atoms with Crippen LogP contribution >= 0.6 is 11.8 Å². The van der Waals surface area contributed by atoms with Crippen LogP contribution in [0.4, 0.5) is 4.39 Å². The molecule has 2 rings (SSSR count). The van der Waals surface area contributed by atoms with E-state index in [1.54, 1.807) is 12.1 Å². The number of aliphatic carboxylic acids is 1. The Bertz CT molecular complexity index is 521. The van der Waals surface area contributed by atoms with Crippen LogP contribution in [0.5, 0.6) is 0 Å². The van der Waals surface area contributed by atoms with Crippen molar-refractivity contribution in [3.8, 4) is 0 Å². The molecule has 6 heteroatoms. The molecule has 4 nitrogen and oxygen atoms in total. The van der Waals surface area contributed by atoms with Gasteiger partial charge in [-0.05, 0) is 25.0 Å². The summed E-state index contributed by atoms with van der Waals surface area (Å²) in [7, 11) is 0. The molecule has 19 heavy (non-hydrogen) atoms. The molecular formula is C13H14FNO3S. The van der Waals surface area contributed by atoms with Crippen molar-refractivity contribution in [2.24, 2.45) is 5.92 Å². The maximum absolute atomic E-state index is 13.6. The molecule has 1 heterocycles. The summed E-state index contributed by atoms with van der Waals surface area (Å²) in [5.41, 5.74) is 0.724. The summed E-state index contributed by atoms with van der Waals surface area (Å²) in [6, 6.07) is 4.43. The van der Waals surface area contributed by atoms with Crippen LogP contribution in [0.25, 0.3) is 0 Å². The van der Waals surface area contributed by atoms with E-state index >= 15 is 0 Å². The average molecular weight is 283 g/mol. The number of carboxylic acids is 1. The fraction of sp³-hybridized carbons (Fsp3) is 0.385. The lowest BCUT2D eigenvalue weighted by Gasteiger charge is -2.26. The third-order valence-electron chi connectivity index (χ3n) is 3.11. The van der Waals surface area contributed by atoms with Gasteiger partial charge < -0.3 is 10.4 Å². The van der Waals surface area contributed by atoms with Gasteiger partial charge in [0.25, 0.3) is 0 Å². The number of rotatable bonds is 3. The van der Waals surface area contributed by atoms with Gasteiger partial charge in [-0.2, -0.15) is 0 Å². The number of fused-ring (bicyclic) bond motifs is 1. The molecule has 2 atom stereocenters. The van der Waals surface area contributed by atoms with Crippen molar-refractivity contribution >= 4 is 23.6 Å². The second-order valence-corrected chi connectivity index (χ2v) is 5.52. The molecule has 0 fully saturated rings. The first-order valence-corrected chi connectivity index (χ1v) is 6.93. The van der Waals surface area contributed by atoms with E-state index in [1.807, 2.05) is 0 Å². The van der Waals surface area contributed by atoms with Crippen LogP contribution in [0.2, 0.25) is 0 Å². The number of nitrogens with one attached hydrogen (secondary N) is 1. The minimum Gasteiger partial charge on any atom is -0.481 e. The molecule has 0 saturated heterocycles. The van der Waals surface area contributed by atoms with Gasteiger partial charge in [0, 0.05) is 10.6 Å². The maximum Gasteiger partial charge on any atom is 0.315 e. The first kappa shape index (κ1) is 13.9. The van der Waals surface area contributed by atoms with Gasteiger partial charge in [-0.25, -0.2) is 4.39 Å². The van der Waals surface area contributed by atoms with Crippen LogP contribution in [-0.4, -0.2) is 22.7 Å². The Kier molecular flexibility index (Phi) is 4.09. The predicted molar refractivity (Wildman–Crippen MR) is 69.4 cm³/mol. The minimum absolute atomic E-state index is 0.298. The Labute approximate surface area is 114 Å². The highest BCUT2D eigenvalue weighted by Gasteiger charge is 2.28. The summed E-state index contributed by atoms with van der Waals surface area (Å²) in [6.07, 6.45) is 0.666. The monoisotopic (exact) mass is 283 g/mol. The Morgan fingerprint density at radius 3 is 2.95 bits per heavy atom. The van der Waals surface area contributed by atoms with Gasteiger partial charge in [0.15, 0.2) is 0 Å². The number of amides is 1. The average Bonchev–Trinajstić information content (AvgIpc) is 2.39. The second-order valence-electron chi connectivity index (χ2n) is 4.42. The maximum atomic E-state index is 13.6. The Hall–Kier alpha value is -1.56. The molecule has 0 aromatic heterocycles. The van der Waals surface area contributed by atoms with Crippen molar-refractivity contribution < 1.29 is 19.1 Å². The zero-order chi connectivity index (χ0) is 14.0. The molecule has 0 spiro atoms. The van der Waals surface area contributed by atoms with Crippen LogP contribution in [-0.2, 0) is 9.59 Å². The Morgan fingerprint density at radius 2 is 2.26 bits per heavy atom. The number of benzene rings is 1. The number of carboxylic acid groups (broad SMARTS) is 1. The topological polar surface area (TPSA) is 66.4 Å². The van der Waals surface area contributed by atoms with Crippen LogP contribution in [0.1, 0.15) is 24.9 Å². The quantitative estimate of drug-likeness (QED) is 0.835. The highest BCUT2D eigenvalue weighted by molar-refractivity contribution is 7.99. The molecule has 1 aromatic carbocycles. The highest BCUT2D eigenvalue weighted by Crippen LogP contribution is 2.37. The molecule has 1 aliphatic rings. The molecule has 2 N–H and O–H groups in total. The zero-order valence-electron chi connectivity index (χ0n) is 10.4. The molecule has 0 aliphatic carbocycles. The summed E-state index contributed by atoms with van der Waals surface area (Å²) in [5.74, 6) is -2.42. The Morgan fingerprint density at radius 1 is 1.53 bits per heavy atom. The van der Waals surface area contributed by atoms with Crippen LogP contribution < -0.4 is 5.32 Å². The van der Waals surface area contributed by atoms with E-state index < -0.39 is 17.8 Å². The van der Waals surface area contributed by atoms with Gasteiger partial charge in [0.05, 0.1) is 6.04 Å². The molecule has 0 bridgehead atoms. The number of carbonyl (C=O) groups is 2. The van der Waals surface area contributed by atoms with E-state index in [0.29, 0.717) is 17.1 Å². The third kappa shape index (κ3) is 2.89. The van der Waals surface area contributed by atoms with Gasteiger partial charge in [-0.1, -0.05) is 12.1 Å². The molecule has 1 aliphatic heterocycles. The van der Waals surface area contributed by atoms with E-state index in [-0.39, 0.29) is 11.9 Å². The fourth-order valence-electron chi connectivity index (χ4n) is 1.95. The van der Waals surface area contributed by atoms with E-state index in [9.17, 15) is 14.0 Å². The summed E-state index contributed by atoms with van der Waals surface area (Å²) < 4.78 is 13.6. The normalized spacial score (nSPS) is 19.4. The van der Waals surface area contributed by atoms with Crippen molar-refractivity contribution in [2.45, 2.75) is 24.3 Å². The SMILES string of the molecule is CC(C(=O)O)C(=O)NC1CCSc2c(F)cccc21. The first-order valence-electron chi connectivity index (χ1n) is 5.95. The molecule has 2 unspecified atom stereocenters. The summed E-state index contributed by atoms with van der Waals surface area (Å²) in [6.45, 7) is 1.34. The zero-order valence-corrected chi connectivity index (χ0v) is 11.2. The molecule has 1 amide bonds. The van der Waals surface area contributed by atoms with Gasteiger partial charge in [0.2, 0.25) is 5.91 Å². The van der Waals surface area contributed by atoms with Crippen molar-refractivity contribution in [1.29, 1.82) is 0 Å². The second kappa shape index (κ2) is 5.61. The number of hydrogen-bond donors (Lipinski definition) is 2. The minimum atomic E-state index is -1.16. The summed E-state index contributed by atoms with van der Waals surface area (Å²) in [4.78, 5) is 23.1. The fourth-order valence-corrected chi connectivity index (χ4v) is 3.09. The highest BCUT2D eigenvalue weighted by atomic mass is 32.2. The molecule has 0 radical (unpaired) electrons. The lowest BCUT2D eigenvalue weighted by Crippen LogP contribution is -2.37. The van der Waals surface area contributed by atoms with E-state index in [1.165, 1.54) is 24.8 Å². The molecule has 1 aromatic rings. The number of carbonyl (C=O) groups excluding carboxylic acids is 1. The van der Waals surface area contributed by atoms with Crippen molar-refractivity contribution in [1.82, 2.24) is 5.32 Å². The predicted octanol–water partition coefficient (Wildman–Crippen LogP) is 2.20. The lowest BCUT2D eigenvalue weighted by atomic mass is 10.0. The standard InChI is InChI=1S/C13H14FNO3S/c1-7(13(17)18)12(16)15-10-5-6-19-11-8(10)3-2-4-9(11)14/h2-4,7,10H,5-6H2,1H3,(H,15,16)(H,17,18). The van der Waals surface area contributed by atoms with Gasteiger partial charge >= 0.3 is 5.97 Å². The smallest absolute Gasteiger partial charge is 0.315 e. The van der Waals surface area contributed by atoms with Gasteiger partial charge in [-0.15, -0.1) is 11.8 Å². The van der Waals surface area contributed by atoms with Crippen LogP contribution in [0, 0.1) is 11.7 Å². The van der Waals surface area contributed by atoms with Gasteiger partial charge in [-0.3, -0.25) is 9.59 Å². The lowest BCUT2D eigenvalue weighted by molar-refractivity contribution is -0.146. The molecule has 102 valence electrons.